The van der Waals surface area contributed by atoms with E-state index in [1.807, 2.05) is 0 Å². The van der Waals surface area contributed by atoms with Gasteiger partial charge in [0.25, 0.3) is 0 Å². The molecule has 4 rings (SSSR count). The lowest BCUT2D eigenvalue weighted by molar-refractivity contribution is -0.116. The molecule has 31 heavy (non-hydrogen) atoms. The fourth-order valence-corrected chi connectivity index (χ4v) is 3.16. The molecule has 1 aliphatic carbocycles. The van der Waals surface area contributed by atoms with Crippen molar-refractivity contribution in [1.82, 2.24) is 15.0 Å². The minimum atomic E-state index is -0.0782. The van der Waals surface area contributed by atoms with E-state index in [2.05, 4.69) is 25.3 Å². The predicted molar refractivity (Wildman–Crippen MR) is 123 cm³/mol. The van der Waals surface area contributed by atoms with E-state index in [0.717, 1.165) is 19.0 Å². The molecule has 0 saturated heterocycles. The van der Waals surface area contributed by atoms with Gasteiger partial charge >= 0.3 is 0 Å². The fraction of sp³-hybridized carbons (Fsp3) is 0.429. The van der Waals surface area contributed by atoms with Gasteiger partial charge in [-0.1, -0.05) is 38.5 Å². The first-order chi connectivity index (χ1) is 15.1. The monoisotopic (exact) mass is 426 g/mol. The summed E-state index contributed by atoms with van der Waals surface area (Å²) in [5, 5.41) is 17.6. The Labute approximate surface area is 182 Å². The van der Waals surface area contributed by atoms with Gasteiger partial charge in [0.05, 0.1) is 24.8 Å². The third kappa shape index (κ3) is 6.54. The first-order valence-corrected chi connectivity index (χ1v) is 10.2. The van der Waals surface area contributed by atoms with Crippen LogP contribution >= 0.6 is 0 Å². The predicted octanol–water partition coefficient (Wildman–Crippen LogP) is 2.19. The average molecular weight is 427 g/mol. The molecule has 0 aromatic carbocycles. The van der Waals surface area contributed by atoms with E-state index < -0.39 is 0 Å². The topological polar surface area (TPSA) is 153 Å². The summed E-state index contributed by atoms with van der Waals surface area (Å²) >= 11 is 0. The van der Waals surface area contributed by atoms with Gasteiger partial charge in [0.1, 0.15) is 5.69 Å². The van der Waals surface area contributed by atoms with Crippen molar-refractivity contribution in [2.75, 3.05) is 30.9 Å². The molecule has 1 saturated carbocycles. The molecule has 0 atom stereocenters. The molecule has 3 heterocycles. The summed E-state index contributed by atoms with van der Waals surface area (Å²) in [5.41, 5.74) is 6.86. The van der Waals surface area contributed by atoms with Gasteiger partial charge in [-0.3, -0.25) is 20.1 Å². The summed E-state index contributed by atoms with van der Waals surface area (Å²) in [6.07, 6.45) is 13.2. The van der Waals surface area contributed by atoms with Crippen LogP contribution in [0.15, 0.2) is 29.5 Å². The number of hydrogen-bond acceptors (Lipinski definition) is 7. The van der Waals surface area contributed by atoms with E-state index in [1.165, 1.54) is 43.4 Å². The van der Waals surface area contributed by atoms with Crippen molar-refractivity contribution in [3.8, 4) is 11.3 Å². The Bertz CT molecular complexity index is 883. The summed E-state index contributed by atoms with van der Waals surface area (Å²) in [5.74, 6) is 0.943. The van der Waals surface area contributed by atoms with E-state index in [-0.39, 0.29) is 18.3 Å². The number of fused-ring (bicyclic) bond motifs is 1. The molecule has 0 unspecified atom stereocenters. The molecule has 10 heteroatoms. The lowest BCUT2D eigenvalue weighted by atomic mass is 10.0. The number of nitrogens with two attached hydrogens (primary N) is 1. The minimum absolute atomic E-state index is 0.0231. The quantitative estimate of drug-likeness (QED) is 0.424. The molecule has 1 amide bonds. The van der Waals surface area contributed by atoms with E-state index in [4.69, 9.17) is 16.2 Å². The summed E-state index contributed by atoms with van der Waals surface area (Å²) < 4.78 is 0. The number of aliphatic hydroxyl groups is 1. The smallest absolute Gasteiger partial charge is 0.247 e. The van der Waals surface area contributed by atoms with Crippen LogP contribution in [0.3, 0.4) is 0 Å². The number of aliphatic imine (C=N–C) groups is 1. The third-order valence-corrected chi connectivity index (χ3v) is 4.86. The maximum atomic E-state index is 11.7. The van der Waals surface area contributed by atoms with Gasteiger partial charge in [0.2, 0.25) is 5.91 Å². The number of amidine groups is 1. The number of carbonyl (C=O) groups excluding carboxylic acids is 1. The van der Waals surface area contributed by atoms with Crippen LogP contribution in [-0.4, -0.2) is 58.8 Å². The van der Waals surface area contributed by atoms with E-state index in [0.29, 0.717) is 23.0 Å². The van der Waals surface area contributed by atoms with Gasteiger partial charge in [-0.05, 0) is 12.1 Å². The zero-order chi connectivity index (χ0) is 22.6. The maximum absolute atomic E-state index is 11.7. The molecule has 166 valence electrons. The highest BCUT2D eigenvalue weighted by atomic mass is 16.2. The number of nitrogens with zero attached hydrogens (tertiary/aromatic N) is 5. The van der Waals surface area contributed by atoms with E-state index in [9.17, 15) is 4.79 Å². The first-order valence-electron chi connectivity index (χ1n) is 10.2. The number of likely N-dealkylation sites (N-methyl/N-ethyl adjacent to an activating group) is 1. The molecular weight excluding hydrogens is 396 g/mol. The van der Waals surface area contributed by atoms with Gasteiger partial charge in [-0.2, -0.15) is 0 Å². The first kappa shape index (κ1) is 23.9. The van der Waals surface area contributed by atoms with Gasteiger partial charge in [0.15, 0.2) is 17.5 Å². The molecule has 0 spiro atoms. The lowest BCUT2D eigenvalue weighted by Gasteiger charge is -2.24. The molecule has 0 bridgehead atoms. The van der Waals surface area contributed by atoms with Crippen LogP contribution in [0, 0.1) is 5.41 Å². The van der Waals surface area contributed by atoms with Gasteiger partial charge in [-0.15, -0.1) is 0 Å². The second-order valence-electron chi connectivity index (χ2n) is 6.91. The van der Waals surface area contributed by atoms with Crippen LogP contribution in [0.2, 0.25) is 0 Å². The van der Waals surface area contributed by atoms with Crippen molar-refractivity contribution in [3.05, 3.63) is 30.2 Å². The molecule has 2 aliphatic rings. The van der Waals surface area contributed by atoms with Gasteiger partial charge < -0.3 is 16.2 Å². The Balaban J connectivity index is 0.000000363. The molecule has 1 aliphatic heterocycles. The van der Waals surface area contributed by atoms with Crippen molar-refractivity contribution in [3.63, 3.8) is 0 Å². The van der Waals surface area contributed by atoms with Crippen LogP contribution in [0.4, 0.5) is 11.6 Å². The lowest BCUT2D eigenvalue weighted by Crippen LogP contribution is -2.38. The van der Waals surface area contributed by atoms with Crippen molar-refractivity contribution < 1.29 is 9.90 Å². The van der Waals surface area contributed by atoms with E-state index in [1.54, 1.807) is 31.6 Å². The summed E-state index contributed by atoms with van der Waals surface area (Å²) in [4.78, 5) is 29.8. The number of rotatable bonds is 2. The average Bonchev–Trinajstić information content (AvgIpc) is 2.84. The third-order valence-electron chi connectivity index (χ3n) is 4.86. The largest absolute Gasteiger partial charge is 0.400 e. The number of amides is 1. The van der Waals surface area contributed by atoms with Crippen molar-refractivity contribution in [2.24, 2.45) is 10.7 Å². The van der Waals surface area contributed by atoms with Gasteiger partial charge in [0, 0.05) is 25.9 Å². The zero-order valence-corrected chi connectivity index (χ0v) is 18.0. The second kappa shape index (κ2) is 12.3. The highest BCUT2D eigenvalue weighted by Gasteiger charge is 2.23. The maximum Gasteiger partial charge on any atom is 0.247 e. The molecule has 10 nitrogen and oxygen atoms in total. The van der Waals surface area contributed by atoms with Crippen LogP contribution in [-0.2, 0) is 4.79 Å². The van der Waals surface area contributed by atoms with Crippen molar-refractivity contribution >= 4 is 29.7 Å². The SMILES string of the molecule is C1CCCCC1.CN1C(=O)CNc2ncc(-c3ccc(C(=N)N=CN)nc3)nc21.CO. The number of nitrogens with one attached hydrogen (secondary N) is 2. The summed E-state index contributed by atoms with van der Waals surface area (Å²) in [6, 6.07) is 3.41. The van der Waals surface area contributed by atoms with Gasteiger partial charge in [-0.25, -0.2) is 15.0 Å². The van der Waals surface area contributed by atoms with Crippen molar-refractivity contribution in [1.29, 1.82) is 5.41 Å². The molecule has 2 aromatic heterocycles. The Morgan fingerprint density at radius 2 is 1.81 bits per heavy atom. The summed E-state index contributed by atoms with van der Waals surface area (Å²) in [7, 11) is 2.66. The normalized spacial score (nSPS) is 15.1. The van der Waals surface area contributed by atoms with Crippen LogP contribution in [0.5, 0.6) is 0 Å². The number of pyridine rings is 1. The van der Waals surface area contributed by atoms with E-state index >= 15 is 0 Å². The van der Waals surface area contributed by atoms with Crippen LogP contribution < -0.4 is 16.0 Å². The number of anilines is 2. The molecular formula is C21H30N8O2. The zero-order valence-electron chi connectivity index (χ0n) is 18.0. The Kier molecular flexibility index (Phi) is 9.50. The second-order valence-corrected chi connectivity index (χ2v) is 6.91. The number of aliphatic hydroxyl groups excluding tert-OH is 1. The van der Waals surface area contributed by atoms with Crippen molar-refractivity contribution in [2.45, 2.75) is 38.5 Å². The minimum Gasteiger partial charge on any atom is -0.400 e. The molecule has 5 N–H and O–H groups in total. The molecule has 0 radical (unpaired) electrons. The Morgan fingerprint density at radius 1 is 1.16 bits per heavy atom. The number of carbonyl (C=O) groups is 1. The Morgan fingerprint density at radius 3 is 2.35 bits per heavy atom. The summed E-state index contributed by atoms with van der Waals surface area (Å²) in [6.45, 7) is 0.206. The standard InChI is InChI=1S/C14H14N8O.C6H12.CH4O/c1-22-11(23)6-19-13-14(22)21-10(5-18-13)8-2-3-9(17-4-8)12(16)20-7-15;1-2-4-6-5-3-1;1-2/h2-5,7H,6H2,1H3,(H,18,19)(H3,15,16,20);1-6H2;2H,1H3. The molecule has 2 aromatic rings. The fourth-order valence-electron chi connectivity index (χ4n) is 3.16. The van der Waals surface area contributed by atoms with Crippen LogP contribution in [0.25, 0.3) is 11.3 Å². The number of hydrogen-bond donors (Lipinski definition) is 4. The Hall–Kier alpha value is -3.40. The highest BCUT2D eigenvalue weighted by molar-refractivity contribution is 6.00. The number of aromatic nitrogens is 3. The van der Waals surface area contributed by atoms with Crippen LogP contribution in [0.1, 0.15) is 44.2 Å². The highest BCUT2D eigenvalue weighted by Crippen LogP contribution is 2.27. The molecule has 1 fully saturated rings.